The average Bonchev–Trinajstić information content (AvgIpc) is 2.56. The first-order chi connectivity index (χ1) is 6.74. The van der Waals surface area contributed by atoms with E-state index in [1.807, 2.05) is 19.3 Å². The van der Waals surface area contributed by atoms with Crippen molar-refractivity contribution in [1.82, 2.24) is 14.9 Å². The molecule has 0 aliphatic carbocycles. The molecule has 1 aliphatic rings. The number of aromatic nitrogens is 2. The second kappa shape index (κ2) is 3.92. The van der Waals surface area contributed by atoms with E-state index < -0.39 is 0 Å². The number of likely N-dealkylation sites (N-methyl/N-ethyl adjacent to an activating group) is 1. The van der Waals surface area contributed by atoms with E-state index >= 15 is 0 Å². The Kier molecular flexibility index (Phi) is 2.63. The van der Waals surface area contributed by atoms with Gasteiger partial charge in [-0.15, -0.1) is 0 Å². The van der Waals surface area contributed by atoms with Crippen molar-refractivity contribution in [3.63, 3.8) is 0 Å². The summed E-state index contributed by atoms with van der Waals surface area (Å²) in [4.78, 5) is 10.8. The zero-order chi connectivity index (χ0) is 9.97. The van der Waals surface area contributed by atoms with Crippen LogP contribution in [-0.2, 0) is 0 Å². The second-order valence-electron chi connectivity index (χ2n) is 3.98. The van der Waals surface area contributed by atoms with Crippen molar-refractivity contribution in [2.45, 2.75) is 19.4 Å². The Morgan fingerprint density at radius 2 is 2.14 bits per heavy atom. The normalized spacial score (nSPS) is 22.6. The third-order valence-corrected chi connectivity index (χ3v) is 2.51. The lowest BCUT2D eigenvalue weighted by molar-refractivity contribution is 0.414. The van der Waals surface area contributed by atoms with Crippen molar-refractivity contribution in [3.05, 3.63) is 18.0 Å². The molecule has 1 aromatic rings. The summed E-state index contributed by atoms with van der Waals surface area (Å²) in [5.41, 5.74) is 1.10. The van der Waals surface area contributed by atoms with Gasteiger partial charge in [0.05, 0.1) is 0 Å². The molecule has 0 bridgehead atoms. The molecule has 1 aromatic heterocycles. The lowest BCUT2D eigenvalue weighted by Gasteiger charge is -2.12. The maximum absolute atomic E-state index is 4.23. The van der Waals surface area contributed by atoms with E-state index in [1.165, 1.54) is 6.42 Å². The molecule has 1 atom stereocenters. The molecular formula is C10H16N4. The Hall–Kier alpha value is -1.16. The summed E-state index contributed by atoms with van der Waals surface area (Å²) in [5, 5.41) is 3.33. The summed E-state index contributed by atoms with van der Waals surface area (Å²) in [7, 11) is 2.14. The Labute approximate surface area is 84.4 Å². The summed E-state index contributed by atoms with van der Waals surface area (Å²) >= 11 is 0. The molecule has 4 nitrogen and oxygen atoms in total. The van der Waals surface area contributed by atoms with Gasteiger partial charge in [0.25, 0.3) is 0 Å². The Morgan fingerprint density at radius 1 is 1.43 bits per heavy atom. The number of anilines is 1. The van der Waals surface area contributed by atoms with Crippen molar-refractivity contribution in [2.24, 2.45) is 0 Å². The Balaban J connectivity index is 1.94. The number of aryl methyl sites for hydroxylation is 1. The highest BCUT2D eigenvalue weighted by atomic mass is 15.2. The van der Waals surface area contributed by atoms with E-state index in [4.69, 9.17) is 0 Å². The Bertz CT molecular complexity index is 295. The predicted molar refractivity (Wildman–Crippen MR) is 56.3 cm³/mol. The topological polar surface area (TPSA) is 41.1 Å². The fourth-order valence-corrected chi connectivity index (χ4v) is 1.70. The van der Waals surface area contributed by atoms with Gasteiger partial charge in [0.2, 0.25) is 5.95 Å². The van der Waals surface area contributed by atoms with Crippen molar-refractivity contribution in [2.75, 3.05) is 25.5 Å². The minimum atomic E-state index is 0.503. The summed E-state index contributed by atoms with van der Waals surface area (Å²) in [6.45, 7) is 4.23. The van der Waals surface area contributed by atoms with Crippen LogP contribution in [0.2, 0.25) is 0 Å². The molecule has 1 aliphatic heterocycles. The lowest BCUT2D eigenvalue weighted by Crippen LogP contribution is -2.24. The minimum absolute atomic E-state index is 0.503. The molecule has 1 N–H and O–H groups in total. The van der Waals surface area contributed by atoms with Gasteiger partial charge in [0.15, 0.2) is 0 Å². The maximum Gasteiger partial charge on any atom is 0.222 e. The van der Waals surface area contributed by atoms with E-state index in [9.17, 15) is 0 Å². The van der Waals surface area contributed by atoms with Gasteiger partial charge in [-0.1, -0.05) is 0 Å². The fourth-order valence-electron chi connectivity index (χ4n) is 1.70. The van der Waals surface area contributed by atoms with Crippen LogP contribution in [0.5, 0.6) is 0 Å². The first-order valence-corrected chi connectivity index (χ1v) is 4.98. The highest BCUT2D eigenvalue weighted by Gasteiger charge is 2.19. The van der Waals surface area contributed by atoms with E-state index in [2.05, 4.69) is 27.2 Å². The molecule has 2 rings (SSSR count). The standard InChI is InChI=1S/C10H16N4/c1-8-5-11-10(12-6-8)13-9-3-4-14(2)7-9/h5-6,9H,3-4,7H2,1-2H3,(H,11,12,13). The molecule has 4 heteroatoms. The van der Waals surface area contributed by atoms with Crippen LogP contribution < -0.4 is 5.32 Å². The molecule has 0 spiro atoms. The molecule has 14 heavy (non-hydrogen) atoms. The van der Waals surface area contributed by atoms with Gasteiger partial charge in [0, 0.05) is 25.0 Å². The predicted octanol–water partition coefficient (Wildman–Crippen LogP) is 0.901. The molecule has 0 radical (unpaired) electrons. The summed E-state index contributed by atoms with van der Waals surface area (Å²) in [5.74, 6) is 0.746. The molecule has 0 amide bonds. The van der Waals surface area contributed by atoms with E-state index in [-0.39, 0.29) is 0 Å². The maximum atomic E-state index is 4.23. The number of nitrogens with one attached hydrogen (secondary N) is 1. The van der Waals surface area contributed by atoms with Crippen LogP contribution >= 0.6 is 0 Å². The monoisotopic (exact) mass is 192 g/mol. The van der Waals surface area contributed by atoms with Gasteiger partial charge >= 0.3 is 0 Å². The summed E-state index contributed by atoms with van der Waals surface area (Å²) in [6, 6.07) is 0.503. The molecule has 1 fully saturated rings. The number of hydrogen-bond acceptors (Lipinski definition) is 4. The van der Waals surface area contributed by atoms with Crippen LogP contribution in [0.3, 0.4) is 0 Å². The summed E-state index contributed by atoms with van der Waals surface area (Å²) < 4.78 is 0. The van der Waals surface area contributed by atoms with E-state index in [0.717, 1.165) is 24.6 Å². The number of likely N-dealkylation sites (tertiary alicyclic amines) is 1. The fraction of sp³-hybridized carbons (Fsp3) is 0.600. The molecule has 76 valence electrons. The van der Waals surface area contributed by atoms with Crippen LogP contribution in [0.25, 0.3) is 0 Å². The van der Waals surface area contributed by atoms with E-state index in [1.54, 1.807) is 0 Å². The van der Waals surface area contributed by atoms with Gasteiger partial charge in [-0.25, -0.2) is 9.97 Å². The van der Waals surface area contributed by atoms with Crippen molar-refractivity contribution >= 4 is 5.95 Å². The lowest BCUT2D eigenvalue weighted by atomic mass is 10.3. The van der Waals surface area contributed by atoms with Crippen molar-refractivity contribution in [3.8, 4) is 0 Å². The van der Waals surface area contributed by atoms with Crippen molar-refractivity contribution < 1.29 is 0 Å². The summed E-state index contributed by atoms with van der Waals surface area (Å²) in [6.07, 6.45) is 4.86. The number of rotatable bonds is 2. The first kappa shape index (κ1) is 9.40. The Morgan fingerprint density at radius 3 is 2.71 bits per heavy atom. The quantitative estimate of drug-likeness (QED) is 0.756. The largest absolute Gasteiger partial charge is 0.350 e. The van der Waals surface area contributed by atoms with Crippen LogP contribution in [0.15, 0.2) is 12.4 Å². The highest BCUT2D eigenvalue weighted by molar-refractivity contribution is 5.26. The van der Waals surface area contributed by atoms with Gasteiger partial charge in [-0.3, -0.25) is 0 Å². The van der Waals surface area contributed by atoms with E-state index in [0.29, 0.717) is 6.04 Å². The minimum Gasteiger partial charge on any atom is -0.350 e. The molecule has 0 aromatic carbocycles. The second-order valence-corrected chi connectivity index (χ2v) is 3.98. The molecular weight excluding hydrogens is 176 g/mol. The third kappa shape index (κ3) is 2.20. The highest BCUT2D eigenvalue weighted by Crippen LogP contribution is 2.10. The molecule has 1 unspecified atom stereocenters. The average molecular weight is 192 g/mol. The molecule has 1 saturated heterocycles. The molecule has 2 heterocycles. The number of hydrogen-bond donors (Lipinski definition) is 1. The zero-order valence-corrected chi connectivity index (χ0v) is 8.70. The van der Waals surface area contributed by atoms with Crippen LogP contribution in [0, 0.1) is 6.92 Å². The SMILES string of the molecule is Cc1cnc(NC2CCN(C)C2)nc1. The molecule has 0 saturated carbocycles. The number of nitrogens with zero attached hydrogens (tertiary/aromatic N) is 3. The first-order valence-electron chi connectivity index (χ1n) is 4.98. The third-order valence-electron chi connectivity index (χ3n) is 2.51. The van der Waals surface area contributed by atoms with Gasteiger partial charge in [0.1, 0.15) is 0 Å². The van der Waals surface area contributed by atoms with Gasteiger partial charge in [-0.05, 0) is 32.5 Å². The van der Waals surface area contributed by atoms with Crippen LogP contribution in [0.4, 0.5) is 5.95 Å². The van der Waals surface area contributed by atoms with Crippen LogP contribution in [0.1, 0.15) is 12.0 Å². The smallest absolute Gasteiger partial charge is 0.222 e. The van der Waals surface area contributed by atoms with Gasteiger partial charge in [-0.2, -0.15) is 0 Å². The van der Waals surface area contributed by atoms with Crippen LogP contribution in [-0.4, -0.2) is 41.0 Å². The zero-order valence-electron chi connectivity index (χ0n) is 8.70. The van der Waals surface area contributed by atoms with Crippen molar-refractivity contribution in [1.29, 1.82) is 0 Å². The van der Waals surface area contributed by atoms with Gasteiger partial charge < -0.3 is 10.2 Å².